The van der Waals surface area contributed by atoms with Crippen LogP contribution in [-0.4, -0.2) is 41.3 Å². The molecule has 0 saturated carbocycles. The van der Waals surface area contributed by atoms with E-state index in [2.05, 4.69) is 10.4 Å². The molecule has 0 unspecified atom stereocenters. The van der Waals surface area contributed by atoms with Crippen molar-refractivity contribution < 1.29 is 23.9 Å². The summed E-state index contributed by atoms with van der Waals surface area (Å²) >= 11 is 0.968. The Morgan fingerprint density at radius 1 is 1.32 bits per heavy atom. The van der Waals surface area contributed by atoms with Crippen molar-refractivity contribution in [1.82, 2.24) is 9.78 Å². The first-order chi connectivity index (χ1) is 11.9. The van der Waals surface area contributed by atoms with Crippen LogP contribution < -0.4 is 5.32 Å². The fourth-order valence-electron chi connectivity index (χ4n) is 2.10. The lowest BCUT2D eigenvalue weighted by Crippen LogP contribution is -2.16. The first kappa shape index (κ1) is 18.7. The lowest BCUT2D eigenvalue weighted by molar-refractivity contribution is 0.0506. The minimum atomic E-state index is -0.595. The molecule has 0 bridgehead atoms. The Morgan fingerprint density at radius 2 is 2.04 bits per heavy atom. The molecule has 1 N–H and O–H groups in total. The Hall–Kier alpha value is -2.68. The normalized spacial score (nSPS) is 10.4. The second kappa shape index (κ2) is 7.93. The molecule has 2 aromatic heterocycles. The largest absolute Gasteiger partial charge is 0.465 e. The highest BCUT2D eigenvalue weighted by atomic mass is 32.1. The lowest BCUT2D eigenvalue weighted by Gasteiger charge is -2.06. The number of aromatic nitrogens is 2. The van der Waals surface area contributed by atoms with Crippen molar-refractivity contribution >= 4 is 34.2 Å². The molecular weight excluding hydrogens is 346 g/mol. The molecule has 0 aromatic carbocycles. The van der Waals surface area contributed by atoms with Gasteiger partial charge in [0, 0.05) is 13.2 Å². The Bertz CT molecular complexity index is 809. The van der Waals surface area contributed by atoms with Gasteiger partial charge in [0.1, 0.15) is 9.88 Å². The summed E-state index contributed by atoms with van der Waals surface area (Å²) in [5.74, 6) is -1.66. The van der Waals surface area contributed by atoms with Crippen molar-refractivity contribution in [2.24, 2.45) is 7.05 Å². The summed E-state index contributed by atoms with van der Waals surface area (Å²) < 4.78 is 11.4. The third-order valence-electron chi connectivity index (χ3n) is 3.33. The van der Waals surface area contributed by atoms with Gasteiger partial charge in [-0.15, -0.1) is 11.3 Å². The van der Waals surface area contributed by atoms with Crippen LogP contribution in [0.5, 0.6) is 0 Å². The Morgan fingerprint density at radius 3 is 2.60 bits per heavy atom. The Balaban J connectivity index is 2.38. The molecule has 0 atom stereocenters. The van der Waals surface area contributed by atoms with Gasteiger partial charge >= 0.3 is 11.9 Å². The molecule has 25 heavy (non-hydrogen) atoms. The van der Waals surface area contributed by atoms with Crippen molar-refractivity contribution in [1.29, 1.82) is 0 Å². The lowest BCUT2D eigenvalue weighted by atomic mass is 10.1. The van der Waals surface area contributed by atoms with Crippen LogP contribution in [0.2, 0.25) is 0 Å². The van der Waals surface area contributed by atoms with Crippen LogP contribution in [0.25, 0.3) is 0 Å². The van der Waals surface area contributed by atoms with Crippen LogP contribution in [0.4, 0.5) is 5.00 Å². The zero-order chi connectivity index (χ0) is 18.6. The van der Waals surface area contributed by atoms with Crippen LogP contribution in [0.3, 0.4) is 0 Å². The molecule has 2 heterocycles. The second-order valence-corrected chi connectivity index (χ2v) is 6.24. The number of esters is 2. The molecule has 134 valence electrons. The van der Waals surface area contributed by atoms with Gasteiger partial charge in [-0.1, -0.05) is 6.92 Å². The summed E-state index contributed by atoms with van der Waals surface area (Å²) in [6.45, 7) is 3.73. The van der Waals surface area contributed by atoms with E-state index in [-0.39, 0.29) is 27.7 Å². The molecule has 0 radical (unpaired) electrons. The highest BCUT2D eigenvalue weighted by molar-refractivity contribution is 7.18. The molecule has 0 aliphatic carbocycles. The fourth-order valence-corrected chi connectivity index (χ4v) is 3.21. The van der Waals surface area contributed by atoms with Crippen LogP contribution in [0.1, 0.15) is 49.4 Å². The predicted molar refractivity (Wildman–Crippen MR) is 92.1 cm³/mol. The number of hydrogen-bond donors (Lipinski definition) is 1. The fraction of sp³-hybridized carbons (Fsp3) is 0.375. The average molecular weight is 365 g/mol. The minimum Gasteiger partial charge on any atom is -0.465 e. The number of nitrogens with zero attached hydrogens (tertiary/aromatic N) is 2. The third-order valence-corrected chi connectivity index (χ3v) is 4.52. The van der Waals surface area contributed by atoms with Crippen molar-refractivity contribution in [3.05, 3.63) is 34.0 Å². The van der Waals surface area contributed by atoms with Crippen molar-refractivity contribution in [3.63, 3.8) is 0 Å². The Labute approximate surface area is 148 Å². The van der Waals surface area contributed by atoms with Crippen molar-refractivity contribution in [3.8, 4) is 0 Å². The molecule has 8 nitrogen and oxygen atoms in total. The van der Waals surface area contributed by atoms with Crippen LogP contribution in [0.15, 0.2) is 12.3 Å². The third kappa shape index (κ3) is 4.05. The molecular formula is C16H19N3O5S. The summed E-state index contributed by atoms with van der Waals surface area (Å²) in [7, 11) is 2.94. The smallest absolute Gasteiger partial charge is 0.348 e. The van der Waals surface area contributed by atoms with E-state index in [4.69, 9.17) is 9.47 Å². The topological polar surface area (TPSA) is 99.5 Å². The van der Waals surface area contributed by atoms with Gasteiger partial charge in [-0.2, -0.15) is 5.10 Å². The highest BCUT2D eigenvalue weighted by Crippen LogP contribution is 2.34. The maximum Gasteiger partial charge on any atom is 0.348 e. The van der Waals surface area contributed by atoms with Gasteiger partial charge in [0.15, 0.2) is 5.69 Å². The molecule has 1 amide bonds. The van der Waals surface area contributed by atoms with E-state index in [1.54, 1.807) is 26.2 Å². The second-order valence-electron chi connectivity index (χ2n) is 5.22. The molecule has 0 aliphatic rings. The first-order valence-electron chi connectivity index (χ1n) is 7.58. The van der Waals surface area contributed by atoms with Crippen LogP contribution in [-0.2, 0) is 16.5 Å². The van der Waals surface area contributed by atoms with E-state index in [0.717, 1.165) is 11.3 Å². The summed E-state index contributed by atoms with van der Waals surface area (Å²) in [4.78, 5) is 36.8. The van der Waals surface area contributed by atoms with Crippen LogP contribution in [0, 0.1) is 6.92 Å². The van der Waals surface area contributed by atoms with E-state index < -0.39 is 17.8 Å². The SMILES string of the molecule is CCCOC(=O)c1c(NC(=O)c2ccn(C)n2)sc(C(=O)OC)c1C. The average Bonchev–Trinajstić information content (AvgIpc) is 3.15. The summed E-state index contributed by atoms with van der Waals surface area (Å²) in [5, 5.41) is 6.88. The van der Waals surface area contributed by atoms with E-state index in [1.165, 1.54) is 11.8 Å². The van der Waals surface area contributed by atoms with Gasteiger partial charge in [-0.05, 0) is 25.0 Å². The number of anilines is 1. The number of carbonyl (C=O) groups is 3. The molecule has 9 heteroatoms. The zero-order valence-electron chi connectivity index (χ0n) is 14.4. The standard InChI is InChI=1S/C16H19N3O5S/c1-5-8-24-15(21)11-9(2)12(16(22)23-4)25-14(11)17-13(20)10-6-7-19(3)18-10/h6-7H,5,8H2,1-4H3,(H,17,20). The number of nitrogens with one attached hydrogen (secondary N) is 1. The van der Waals surface area contributed by atoms with E-state index in [9.17, 15) is 14.4 Å². The van der Waals surface area contributed by atoms with Crippen molar-refractivity contribution in [2.75, 3.05) is 19.0 Å². The molecule has 2 rings (SSSR count). The van der Waals surface area contributed by atoms with E-state index in [1.807, 2.05) is 6.92 Å². The molecule has 0 saturated heterocycles. The maximum atomic E-state index is 12.4. The summed E-state index contributed by atoms with van der Waals surface area (Å²) in [6.07, 6.45) is 2.29. The molecule has 0 fully saturated rings. The molecule has 0 spiro atoms. The number of ether oxygens (including phenoxy) is 2. The Kier molecular flexibility index (Phi) is 5.92. The van der Waals surface area contributed by atoms with E-state index in [0.29, 0.717) is 12.0 Å². The summed E-state index contributed by atoms with van der Waals surface area (Å²) in [6, 6.07) is 1.55. The molecule has 0 aliphatic heterocycles. The quantitative estimate of drug-likeness (QED) is 0.789. The van der Waals surface area contributed by atoms with Gasteiger partial charge in [0.05, 0.1) is 19.3 Å². The minimum absolute atomic E-state index is 0.156. The zero-order valence-corrected chi connectivity index (χ0v) is 15.2. The van der Waals surface area contributed by atoms with Gasteiger partial charge in [0.2, 0.25) is 0 Å². The highest BCUT2D eigenvalue weighted by Gasteiger charge is 2.27. The first-order valence-corrected chi connectivity index (χ1v) is 8.40. The number of hydrogen-bond acceptors (Lipinski definition) is 7. The predicted octanol–water partition coefficient (Wildman–Crippen LogP) is 2.40. The number of methoxy groups -OCH3 is 1. The van der Waals surface area contributed by atoms with Gasteiger partial charge in [-0.3, -0.25) is 9.48 Å². The number of amides is 1. The van der Waals surface area contributed by atoms with Gasteiger partial charge in [0.25, 0.3) is 5.91 Å². The van der Waals surface area contributed by atoms with Gasteiger partial charge in [-0.25, -0.2) is 9.59 Å². The maximum absolute atomic E-state index is 12.4. The monoisotopic (exact) mass is 365 g/mol. The van der Waals surface area contributed by atoms with Crippen molar-refractivity contribution in [2.45, 2.75) is 20.3 Å². The van der Waals surface area contributed by atoms with Gasteiger partial charge < -0.3 is 14.8 Å². The number of carbonyl (C=O) groups excluding carboxylic acids is 3. The number of rotatable bonds is 6. The molecule has 2 aromatic rings. The van der Waals surface area contributed by atoms with Crippen LogP contribution >= 0.6 is 11.3 Å². The summed E-state index contributed by atoms with van der Waals surface area (Å²) in [5.41, 5.74) is 0.762. The van der Waals surface area contributed by atoms with E-state index >= 15 is 0 Å². The number of aryl methyl sites for hydroxylation is 1. The number of thiophene rings is 1.